The number of hydrogen-bond donors (Lipinski definition) is 0. The fourth-order valence-corrected chi connectivity index (χ4v) is 6.82. The number of benzene rings is 3. The van der Waals surface area contributed by atoms with Crippen molar-refractivity contribution >= 4 is 28.4 Å². The second-order valence-corrected chi connectivity index (χ2v) is 19.2. The predicted octanol–water partition coefficient (Wildman–Crippen LogP) is 6.79. The molecule has 1 aromatic heterocycles. The molecular formula is C27H29GeN. The average molecular weight is 442 g/mol. The summed E-state index contributed by atoms with van der Waals surface area (Å²) in [4.78, 5) is 4.75. The predicted molar refractivity (Wildman–Crippen MR) is 129 cm³/mol. The summed E-state index contributed by atoms with van der Waals surface area (Å²) >= 11 is -2.37. The van der Waals surface area contributed by atoms with Crippen LogP contribution >= 0.6 is 0 Å². The van der Waals surface area contributed by atoms with Gasteiger partial charge in [0.15, 0.2) is 0 Å². The maximum absolute atomic E-state index is 9.33. The van der Waals surface area contributed by atoms with Gasteiger partial charge in [0, 0.05) is 0 Å². The molecule has 4 aromatic rings. The number of pyridine rings is 1. The third kappa shape index (κ3) is 4.30. The van der Waals surface area contributed by atoms with Crippen LogP contribution in [0.3, 0.4) is 0 Å². The van der Waals surface area contributed by atoms with Gasteiger partial charge < -0.3 is 0 Å². The second kappa shape index (κ2) is 8.16. The molecule has 1 heterocycles. The van der Waals surface area contributed by atoms with Gasteiger partial charge in [0.05, 0.1) is 0 Å². The van der Waals surface area contributed by atoms with E-state index in [2.05, 4.69) is 41.5 Å². The third-order valence-corrected chi connectivity index (χ3v) is 9.67. The first-order valence-electron chi connectivity index (χ1n) is 11.2. The van der Waals surface area contributed by atoms with Crippen LogP contribution in [-0.4, -0.2) is 18.3 Å². The Morgan fingerprint density at radius 2 is 1.59 bits per heavy atom. The van der Waals surface area contributed by atoms with Crippen molar-refractivity contribution in [1.82, 2.24) is 4.98 Å². The van der Waals surface area contributed by atoms with Gasteiger partial charge in [-0.25, -0.2) is 0 Å². The minimum absolute atomic E-state index is 0.298. The van der Waals surface area contributed by atoms with Gasteiger partial charge in [0.1, 0.15) is 0 Å². The van der Waals surface area contributed by atoms with Crippen molar-refractivity contribution in [2.24, 2.45) is 0 Å². The molecule has 29 heavy (non-hydrogen) atoms. The Bertz CT molecular complexity index is 1210. The summed E-state index contributed by atoms with van der Waals surface area (Å²) < 4.78 is 19.8. The molecule has 0 aliphatic rings. The molecule has 0 fully saturated rings. The summed E-state index contributed by atoms with van der Waals surface area (Å²) in [5.74, 6) is 6.62. The molecular weight excluding hydrogens is 411 g/mol. The molecule has 0 saturated heterocycles. The Kier molecular flexibility index (Phi) is 4.91. The molecule has 146 valence electrons. The van der Waals surface area contributed by atoms with Crippen LogP contribution in [0.25, 0.3) is 22.0 Å². The van der Waals surface area contributed by atoms with Gasteiger partial charge in [-0.15, -0.1) is 0 Å². The van der Waals surface area contributed by atoms with Crippen LogP contribution in [0.1, 0.15) is 26.7 Å². The molecule has 0 aliphatic heterocycles. The van der Waals surface area contributed by atoms with Gasteiger partial charge in [-0.3, -0.25) is 0 Å². The van der Waals surface area contributed by atoms with Crippen LogP contribution < -0.4 is 4.40 Å². The zero-order valence-electron chi connectivity index (χ0n) is 19.6. The summed E-state index contributed by atoms with van der Waals surface area (Å²) in [6.07, 6.45) is 0.426. The molecule has 0 saturated carbocycles. The van der Waals surface area contributed by atoms with Crippen molar-refractivity contribution in [3.8, 4) is 11.3 Å². The molecule has 4 rings (SSSR count). The van der Waals surface area contributed by atoms with E-state index in [1.54, 1.807) is 0 Å². The molecule has 0 spiro atoms. The Balaban J connectivity index is 1.89. The first kappa shape index (κ1) is 17.5. The molecule has 3 aromatic carbocycles. The maximum atomic E-state index is 9.33. The van der Waals surface area contributed by atoms with Crippen LogP contribution in [0.15, 0.2) is 85.1 Å². The summed E-state index contributed by atoms with van der Waals surface area (Å²) in [5.41, 5.74) is 3.70. The Labute approximate surface area is 180 Å². The summed E-state index contributed by atoms with van der Waals surface area (Å²) in [6.45, 7) is 2.02. The van der Waals surface area contributed by atoms with Crippen molar-refractivity contribution < 1.29 is 2.74 Å². The topological polar surface area (TPSA) is 12.9 Å². The van der Waals surface area contributed by atoms with Crippen molar-refractivity contribution in [3.63, 3.8) is 0 Å². The van der Waals surface area contributed by atoms with E-state index in [9.17, 15) is 2.74 Å². The fourth-order valence-electron chi connectivity index (χ4n) is 3.88. The van der Waals surface area contributed by atoms with E-state index < -0.39 is 19.6 Å². The van der Waals surface area contributed by atoms with Crippen molar-refractivity contribution in [3.05, 3.63) is 96.2 Å². The molecule has 0 amide bonds. The summed E-state index contributed by atoms with van der Waals surface area (Å²) in [6, 6.07) is 26.5. The number of nitrogens with zero attached hydrogens (tertiary/aromatic N) is 1. The van der Waals surface area contributed by atoms with Crippen molar-refractivity contribution in [1.29, 1.82) is 0 Å². The molecule has 0 aliphatic carbocycles. The minimum atomic E-state index is -2.37. The van der Waals surface area contributed by atoms with Gasteiger partial charge in [0.2, 0.25) is 0 Å². The summed E-state index contributed by atoms with van der Waals surface area (Å²) in [7, 11) is 0. The first-order valence-corrected chi connectivity index (χ1v) is 17.6. The molecule has 1 atom stereocenters. The monoisotopic (exact) mass is 443 g/mol. The number of rotatable bonds is 5. The second-order valence-electron chi connectivity index (χ2n) is 8.67. The van der Waals surface area contributed by atoms with Gasteiger partial charge in [-0.2, -0.15) is 0 Å². The van der Waals surface area contributed by atoms with E-state index >= 15 is 0 Å². The van der Waals surface area contributed by atoms with Gasteiger partial charge in [-0.05, 0) is 0 Å². The van der Waals surface area contributed by atoms with E-state index in [1.165, 1.54) is 0 Å². The molecule has 1 unspecified atom stereocenters. The Morgan fingerprint density at radius 1 is 0.897 bits per heavy atom. The SMILES string of the molecule is [2H]C([2H])(c1cc(-c2ccccc2)nc[c]1[Ge]([CH3])([CH3])[CH3])C(C)c1cccc2ccccc12. The number of fused-ring (bicyclic) bond motifs is 1. The zero-order chi connectivity index (χ0) is 22.2. The first-order chi connectivity index (χ1) is 14.7. The third-order valence-electron chi connectivity index (χ3n) is 5.44. The van der Waals surface area contributed by atoms with Crippen molar-refractivity contribution in [2.75, 3.05) is 0 Å². The van der Waals surface area contributed by atoms with E-state index in [0.717, 1.165) is 37.6 Å². The van der Waals surface area contributed by atoms with Crippen LogP contribution in [0.5, 0.6) is 0 Å². The standard InChI is InChI=1S/C27H29GeN/c1-20(24-16-10-14-21-11-8-9-15-25(21)24)17-23-18-27(22-12-6-5-7-13-22)29-19-26(23)28(2,3)4/h5-16,18-20H,17H2,1-4H3/i17D2. The van der Waals surface area contributed by atoms with E-state index in [0.29, 0.717) is 0 Å². The quantitative estimate of drug-likeness (QED) is 0.310. The Hall–Kier alpha value is -2.39. The molecule has 0 radical (unpaired) electrons. The van der Waals surface area contributed by atoms with E-state index in [-0.39, 0.29) is 5.92 Å². The molecule has 1 nitrogen and oxygen atoms in total. The van der Waals surface area contributed by atoms with E-state index in [4.69, 9.17) is 4.98 Å². The van der Waals surface area contributed by atoms with Crippen LogP contribution in [-0.2, 0) is 6.37 Å². The van der Waals surface area contributed by atoms with Crippen LogP contribution in [0.4, 0.5) is 0 Å². The normalized spacial score (nSPS) is 14.3. The van der Waals surface area contributed by atoms with E-state index in [1.807, 2.05) is 67.7 Å². The number of hydrogen-bond acceptors (Lipinski definition) is 1. The van der Waals surface area contributed by atoms with Crippen LogP contribution in [0.2, 0.25) is 17.3 Å². The summed E-state index contributed by atoms with van der Waals surface area (Å²) in [5, 5.41) is 2.27. The molecule has 0 N–H and O–H groups in total. The molecule has 0 bridgehead atoms. The zero-order valence-corrected chi connectivity index (χ0v) is 19.7. The number of aromatic nitrogens is 1. The van der Waals surface area contributed by atoms with Gasteiger partial charge in [0.25, 0.3) is 0 Å². The Morgan fingerprint density at radius 3 is 2.34 bits per heavy atom. The fraction of sp³-hybridized carbons (Fsp3) is 0.222. The van der Waals surface area contributed by atoms with Crippen LogP contribution in [0, 0.1) is 0 Å². The molecule has 2 heteroatoms. The van der Waals surface area contributed by atoms with Crippen molar-refractivity contribution in [2.45, 2.75) is 36.5 Å². The van der Waals surface area contributed by atoms with Gasteiger partial charge in [-0.1, -0.05) is 0 Å². The van der Waals surface area contributed by atoms with Gasteiger partial charge >= 0.3 is 180 Å². The average Bonchev–Trinajstić information content (AvgIpc) is 2.77.